The summed E-state index contributed by atoms with van der Waals surface area (Å²) in [6.07, 6.45) is 0.765. The van der Waals surface area contributed by atoms with Crippen LogP contribution in [0.1, 0.15) is 31.9 Å². The molecule has 0 saturated carbocycles. The summed E-state index contributed by atoms with van der Waals surface area (Å²) in [5.41, 5.74) is 1.53. The lowest BCUT2D eigenvalue weighted by molar-refractivity contribution is 0.0695. The van der Waals surface area contributed by atoms with Crippen LogP contribution in [0.15, 0.2) is 36.4 Å². The summed E-state index contributed by atoms with van der Waals surface area (Å²) in [7, 11) is 4.86. The van der Waals surface area contributed by atoms with Crippen LogP contribution < -0.4 is 29.6 Å². The Bertz CT molecular complexity index is 869. The van der Waals surface area contributed by atoms with Crippen molar-refractivity contribution in [3.8, 4) is 23.0 Å². The molecule has 28 heavy (non-hydrogen) atoms. The third-order valence-corrected chi connectivity index (χ3v) is 4.84. The van der Waals surface area contributed by atoms with Crippen LogP contribution in [-0.2, 0) is 0 Å². The van der Waals surface area contributed by atoms with Crippen molar-refractivity contribution in [2.24, 2.45) is 0 Å². The molecule has 2 N–H and O–H groups in total. The Morgan fingerprint density at radius 1 is 1.04 bits per heavy atom. The van der Waals surface area contributed by atoms with E-state index in [2.05, 4.69) is 24.5 Å². The van der Waals surface area contributed by atoms with Gasteiger partial charge in [-0.25, -0.2) is 0 Å². The summed E-state index contributed by atoms with van der Waals surface area (Å²) in [5.74, 6) is 2.92. The Balaban J connectivity index is 1.78. The van der Waals surface area contributed by atoms with Crippen LogP contribution in [0.4, 0.5) is 5.69 Å². The molecule has 0 bridgehead atoms. The Labute approximate surface area is 171 Å². The van der Waals surface area contributed by atoms with E-state index in [1.807, 2.05) is 36.4 Å². The number of nitrogens with one attached hydrogen (secondary N) is 2. The number of anilines is 1. The Kier molecular flexibility index (Phi) is 5.84. The average Bonchev–Trinajstić information content (AvgIpc) is 2.66. The van der Waals surface area contributed by atoms with Gasteiger partial charge in [-0.2, -0.15) is 0 Å². The maximum absolute atomic E-state index is 6.12. The minimum atomic E-state index is -0.307. The largest absolute Gasteiger partial charge is 0.497 e. The van der Waals surface area contributed by atoms with Gasteiger partial charge in [0.2, 0.25) is 0 Å². The summed E-state index contributed by atoms with van der Waals surface area (Å²) in [6.45, 7) is 4.14. The number of ether oxygens (including phenoxy) is 4. The van der Waals surface area contributed by atoms with E-state index >= 15 is 0 Å². The fraction of sp³-hybridized carbons (Fsp3) is 0.381. The second kappa shape index (κ2) is 8.14. The first-order valence-electron chi connectivity index (χ1n) is 9.01. The minimum absolute atomic E-state index is 0.00556. The molecule has 0 saturated heterocycles. The Hall–Kier alpha value is -2.67. The number of benzene rings is 2. The van der Waals surface area contributed by atoms with Gasteiger partial charge in [0, 0.05) is 23.7 Å². The van der Waals surface area contributed by atoms with Crippen molar-refractivity contribution in [1.82, 2.24) is 5.32 Å². The van der Waals surface area contributed by atoms with E-state index in [4.69, 9.17) is 31.2 Å². The molecule has 2 aromatic rings. The second-order valence-electron chi connectivity index (χ2n) is 7.19. The summed E-state index contributed by atoms with van der Waals surface area (Å²) in [4.78, 5) is 0. The van der Waals surface area contributed by atoms with Gasteiger partial charge in [-0.15, -0.1) is 0 Å². The van der Waals surface area contributed by atoms with Crippen LogP contribution in [0.3, 0.4) is 0 Å². The van der Waals surface area contributed by atoms with E-state index < -0.39 is 0 Å². The van der Waals surface area contributed by atoms with Crippen LogP contribution in [0.5, 0.6) is 23.0 Å². The molecule has 0 fully saturated rings. The van der Waals surface area contributed by atoms with Gasteiger partial charge < -0.3 is 29.6 Å². The highest BCUT2D eigenvalue weighted by molar-refractivity contribution is 7.80. The van der Waals surface area contributed by atoms with Crippen molar-refractivity contribution in [2.45, 2.75) is 31.9 Å². The molecule has 1 heterocycles. The molecule has 3 rings (SSSR count). The monoisotopic (exact) mass is 402 g/mol. The first-order chi connectivity index (χ1) is 13.3. The topological polar surface area (TPSA) is 61.0 Å². The number of methoxy groups -OCH3 is 3. The molecule has 1 atom stereocenters. The van der Waals surface area contributed by atoms with E-state index in [-0.39, 0.29) is 11.6 Å². The molecule has 6 nitrogen and oxygen atoms in total. The predicted molar refractivity (Wildman–Crippen MR) is 114 cm³/mol. The van der Waals surface area contributed by atoms with Gasteiger partial charge in [0.15, 0.2) is 16.6 Å². The van der Waals surface area contributed by atoms with E-state index in [0.717, 1.165) is 29.2 Å². The standard InChI is InChI=1S/C21H26N2O4S/c1-21(2)12-16(15-11-14(24-3)7-9-17(15)27-21)23-20(28)22-13-6-8-18(25-4)19(10-13)26-5/h6-11,16H,12H2,1-5H3,(H2,22,23,28). The predicted octanol–water partition coefficient (Wildman–Crippen LogP) is 4.30. The summed E-state index contributed by atoms with van der Waals surface area (Å²) in [6, 6.07) is 11.4. The lowest BCUT2D eigenvalue weighted by atomic mass is 9.89. The minimum Gasteiger partial charge on any atom is -0.497 e. The lowest BCUT2D eigenvalue weighted by Crippen LogP contribution is -2.42. The fourth-order valence-electron chi connectivity index (χ4n) is 3.33. The summed E-state index contributed by atoms with van der Waals surface area (Å²) < 4.78 is 22.1. The molecule has 2 aromatic carbocycles. The molecule has 0 aromatic heterocycles. The summed E-state index contributed by atoms with van der Waals surface area (Å²) in [5, 5.41) is 7.14. The lowest BCUT2D eigenvalue weighted by Gasteiger charge is -2.38. The van der Waals surface area contributed by atoms with Crippen LogP contribution in [-0.4, -0.2) is 32.0 Å². The molecule has 0 radical (unpaired) electrons. The van der Waals surface area contributed by atoms with E-state index in [1.165, 1.54) is 0 Å². The molecule has 150 valence electrons. The zero-order chi connectivity index (χ0) is 20.3. The van der Waals surface area contributed by atoms with E-state index in [1.54, 1.807) is 21.3 Å². The van der Waals surface area contributed by atoms with Crippen molar-refractivity contribution in [2.75, 3.05) is 26.6 Å². The van der Waals surface area contributed by atoms with E-state index in [9.17, 15) is 0 Å². The van der Waals surface area contributed by atoms with Crippen LogP contribution >= 0.6 is 12.2 Å². The van der Waals surface area contributed by atoms with Gasteiger partial charge in [0.05, 0.1) is 27.4 Å². The summed E-state index contributed by atoms with van der Waals surface area (Å²) >= 11 is 5.56. The molecule has 0 aliphatic carbocycles. The van der Waals surface area contributed by atoms with Crippen LogP contribution in [0.25, 0.3) is 0 Å². The number of hydrogen-bond donors (Lipinski definition) is 2. The van der Waals surface area contributed by atoms with Gasteiger partial charge >= 0.3 is 0 Å². The van der Waals surface area contributed by atoms with Crippen molar-refractivity contribution in [3.05, 3.63) is 42.0 Å². The van der Waals surface area contributed by atoms with Crippen molar-refractivity contribution < 1.29 is 18.9 Å². The molecular weight excluding hydrogens is 376 g/mol. The first-order valence-corrected chi connectivity index (χ1v) is 9.42. The van der Waals surface area contributed by atoms with Crippen LogP contribution in [0, 0.1) is 0 Å². The fourth-order valence-corrected chi connectivity index (χ4v) is 3.59. The van der Waals surface area contributed by atoms with Gasteiger partial charge in [0.25, 0.3) is 0 Å². The van der Waals surface area contributed by atoms with Crippen molar-refractivity contribution in [1.29, 1.82) is 0 Å². The highest BCUT2D eigenvalue weighted by Gasteiger charge is 2.34. The van der Waals surface area contributed by atoms with E-state index in [0.29, 0.717) is 16.6 Å². The quantitative estimate of drug-likeness (QED) is 0.723. The van der Waals surface area contributed by atoms with Crippen LogP contribution in [0.2, 0.25) is 0 Å². The van der Waals surface area contributed by atoms with Gasteiger partial charge in [-0.05, 0) is 56.4 Å². The average molecular weight is 403 g/mol. The van der Waals surface area contributed by atoms with Gasteiger partial charge in [0.1, 0.15) is 17.1 Å². The number of hydrogen-bond acceptors (Lipinski definition) is 5. The zero-order valence-corrected chi connectivity index (χ0v) is 17.6. The SMILES string of the molecule is COc1ccc2c(c1)C(NC(=S)Nc1ccc(OC)c(OC)c1)CC(C)(C)O2. The highest BCUT2D eigenvalue weighted by atomic mass is 32.1. The molecule has 1 unspecified atom stereocenters. The number of fused-ring (bicyclic) bond motifs is 1. The Morgan fingerprint density at radius 3 is 2.46 bits per heavy atom. The number of rotatable bonds is 5. The zero-order valence-electron chi connectivity index (χ0n) is 16.8. The van der Waals surface area contributed by atoms with Gasteiger partial charge in [-0.1, -0.05) is 0 Å². The van der Waals surface area contributed by atoms with Gasteiger partial charge in [-0.3, -0.25) is 0 Å². The molecule has 0 spiro atoms. The third-order valence-electron chi connectivity index (χ3n) is 4.62. The molecule has 1 aliphatic rings. The molecule has 0 amide bonds. The maximum Gasteiger partial charge on any atom is 0.171 e. The molecule has 7 heteroatoms. The van der Waals surface area contributed by atoms with Crippen molar-refractivity contribution >= 4 is 23.0 Å². The Morgan fingerprint density at radius 2 is 1.79 bits per heavy atom. The maximum atomic E-state index is 6.12. The number of thiocarbonyl (C=S) groups is 1. The third kappa shape index (κ3) is 4.42. The smallest absolute Gasteiger partial charge is 0.171 e. The molecule has 1 aliphatic heterocycles. The molecular formula is C21H26N2O4S. The normalized spacial score (nSPS) is 17.0. The van der Waals surface area contributed by atoms with Crippen molar-refractivity contribution in [3.63, 3.8) is 0 Å². The second-order valence-corrected chi connectivity index (χ2v) is 7.60. The first kappa shape index (κ1) is 20.1. The highest BCUT2D eigenvalue weighted by Crippen LogP contribution is 2.41.